The van der Waals surface area contributed by atoms with Gasteiger partial charge in [0, 0.05) is 56.0 Å². The molecule has 4 atom stereocenters. The Morgan fingerprint density at radius 2 is 1.79 bits per heavy atom. The minimum Gasteiger partial charge on any atom is -0.480 e. The van der Waals surface area contributed by atoms with Crippen LogP contribution in [0.5, 0.6) is 5.75 Å². The number of pyridine rings is 1. The molecule has 10 rings (SSSR count). The van der Waals surface area contributed by atoms with E-state index in [2.05, 4.69) is 35.9 Å². The van der Waals surface area contributed by atoms with Gasteiger partial charge in [-0.05, 0) is 87.2 Å². The van der Waals surface area contributed by atoms with Gasteiger partial charge in [0.15, 0.2) is 18.2 Å². The molecule has 3 saturated heterocycles. The Morgan fingerprint density at radius 1 is 1.00 bits per heavy atom. The molecule has 0 spiro atoms. The van der Waals surface area contributed by atoms with Crippen molar-refractivity contribution in [1.29, 1.82) is 0 Å². The van der Waals surface area contributed by atoms with E-state index in [0.29, 0.717) is 109 Å². The number of rotatable bonds is 8. The van der Waals surface area contributed by atoms with Crippen molar-refractivity contribution in [2.24, 2.45) is 25.9 Å². The molecule has 5 aliphatic rings. The molecule has 14 nitrogen and oxygen atoms in total. The molecule has 0 bridgehead atoms. The van der Waals surface area contributed by atoms with Crippen molar-refractivity contribution < 1.29 is 31.9 Å². The standard InChI is InChI=1S/C44H47ClF4N10O4/c1-56-32-9-5-25(17-29(32)36-38(42(56)62)63-21-44(48,49)39(53-36)23-3-4-23)51-40-30(45)18-50-43(54-40)59-16-13-24(31(46)20-59)19-58-14-11-22(12-15-58)26-6-7-27-35(55-57(2)37(27)34(26)47)28-8-10-33(60)52-41(28)61/h5-7,9,17-18,22-24,28,31,39,53H,3-4,8,10-16,19-21H2,1-2H3,(H,50,51,54)(H,52,60,61)/t24-,28?,31-,39+/m1/s1. The second-order valence-electron chi connectivity index (χ2n) is 17.8. The monoisotopic (exact) mass is 890 g/mol. The maximum absolute atomic E-state index is 16.2. The van der Waals surface area contributed by atoms with Crippen LogP contribution in [0, 0.1) is 17.7 Å². The van der Waals surface area contributed by atoms with Gasteiger partial charge in [0.2, 0.25) is 23.5 Å². The predicted octanol–water partition coefficient (Wildman–Crippen LogP) is 6.53. The summed E-state index contributed by atoms with van der Waals surface area (Å²) >= 11 is 6.57. The molecule has 7 heterocycles. The van der Waals surface area contributed by atoms with Crippen LogP contribution in [-0.2, 0) is 23.7 Å². The molecular formula is C44H47ClF4N10O4. The molecule has 4 aliphatic heterocycles. The first kappa shape index (κ1) is 41.5. The Balaban J connectivity index is 0.784. The van der Waals surface area contributed by atoms with Crippen LogP contribution >= 0.6 is 11.6 Å². The maximum atomic E-state index is 16.2. The number of nitrogens with one attached hydrogen (secondary N) is 3. The van der Waals surface area contributed by atoms with Crippen LogP contribution in [0.25, 0.3) is 21.8 Å². The lowest BCUT2D eigenvalue weighted by Crippen LogP contribution is -2.47. The zero-order chi connectivity index (χ0) is 43.9. The number of hydrogen-bond donors (Lipinski definition) is 3. The second-order valence-corrected chi connectivity index (χ2v) is 18.2. The van der Waals surface area contributed by atoms with Gasteiger partial charge in [-0.1, -0.05) is 23.7 Å². The Kier molecular flexibility index (Phi) is 10.5. The summed E-state index contributed by atoms with van der Waals surface area (Å²) in [6, 6.07) is 7.65. The number of fused-ring (bicyclic) bond motifs is 4. The largest absolute Gasteiger partial charge is 0.480 e. The van der Waals surface area contributed by atoms with Gasteiger partial charge >= 0.3 is 5.92 Å². The summed E-state index contributed by atoms with van der Waals surface area (Å²) in [6.45, 7) is 1.69. The van der Waals surface area contributed by atoms with Gasteiger partial charge in [0.05, 0.1) is 41.6 Å². The maximum Gasteiger partial charge on any atom is 0.301 e. The molecule has 3 N–H and O–H groups in total. The zero-order valence-corrected chi connectivity index (χ0v) is 35.5. The number of halogens is 5. The van der Waals surface area contributed by atoms with E-state index in [9.17, 15) is 14.4 Å². The molecule has 332 valence electrons. The molecule has 2 aromatic carbocycles. The summed E-state index contributed by atoms with van der Waals surface area (Å²) in [7, 11) is 3.23. The van der Waals surface area contributed by atoms with Crippen LogP contribution in [0.4, 0.5) is 40.7 Å². The van der Waals surface area contributed by atoms with Gasteiger partial charge in [-0.3, -0.25) is 24.4 Å². The Labute approximate surface area is 364 Å². The molecular weight excluding hydrogens is 844 g/mol. The fourth-order valence-electron chi connectivity index (χ4n) is 10.0. The summed E-state index contributed by atoms with van der Waals surface area (Å²) in [5.74, 6) is -4.88. The van der Waals surface area contributed by atoms with E-state index in [1.165, 1.54) is 15.4 Å². The number of aromatic nitrogens is 5. The first-order valence-electron chi connectivity index (χ1n) is 21.6. The molecule has 2 amide bonds. The van der Waals surface area contributed by atoms with Crippen LogP contribution in [0.1, 0.15) is 68.0 Å². The van der Waals surface area contributed by atoms with E-state index in [4.69, 9.17) is 16.3 Å². The van der Waals surface area contributed by atoms with Crippen LogP contribution in [0.15, 0.2) is 41.3 Å². The lowest BCUT2D eigenvalue weighted by molar-refractivity contribution is -0.134. The van der Waals surface area contributed by atoms with Crippen molar-refractivity contribution in [3.8, 4) is 5.75 Å². The minimum absolute atomic E-state index is 0.0240. The number of benzene rings is 2. The lowest BCUT2D eigenvalue weighted by Gasteiger charge is -2.39. The predicted molar refractivity (Wildman–Crippen MR) is 230 cm³/mol. The van der Waals surface area contributed by atoms with E-state index in [-0.39, 0.29) is 64.7 Å². The average Bonchev–Trinajstić information content (AvgIpc) is 4.06. The fraction of sp³-hybridized carbons (Fsp3) is 0.500. The highest BCUT2D eigenvalue weighted by Crippen LogP contribution is 2.46. The molecule has 1 unspecified atom stereocenters. The highest BCUT2D eigenvalue weighted by Gasteiger charge is 2.51. The summed E-state index contributed by atoms with van der Waals surface area (Å²) in [4.78, 5) is 50.7. The SMILES string of the molecule is Cn1nc(C2CCC(=O)NC2=O)c2ccc(C3CCN(C[C@H]4CCN(c5ncc(Cl)c(Nc6ccc7c(c6)c6c(c(=O)n7C)OCC(F)(F)[C@H](C7CC7)N6)n5)C[C@H]4F)CC3)c(F)c21. The van der Waals surface area contributed by atoms with E-state index in [1.807, 2.05) is 6.07 Å². The van der Waals surface area contributed by atoms with Crippen molar-refractivity contribution in [2.45, 2.75) is 74.9 Å². The average molecular weight is 891 g/mol. The fourth-order valence-corrected chi connectivity index (χ4v) is 10.2. The first-order chi connectivity index (χ1) is 30.2. The number of aryl methyl sites for hydroxylation is 2. The van der Waals surface area contributed by atoms with Crippen molar-refractivity contribution in [3.05, 3.63) is 69.0 Å². The summed E-state index contributed by atoms with van der Waals surface area (Å²) in [6.07, 6.45) is 4.17. The van der Waals surface area contributed by atoms with Crippen LogP contribution in [0.2, 0.25) is 5.02 Å². The first-order valence-corrected chi connectivity index (χ1v) is 22.0. The summed E-state index contributed by atoms with van der Waals surface area (Å²) in [5, 5.41) is 14.4. The molecule has 63 heavy (non-hydrogen) atoms. The number of imide groups is 1. The normalized spacial score (nSPS) is 24.5. The third-order valence-electron chi connectivity index (χ3n) is 13.7. The van der Waals surface area contributed by atoms with Crippen molar-refractivity contribution in [1.82, 2.24) is 34.5 Å². The van der Waals surface area contributed by atoms with Gasteiger partial charge in [-0.15, -0.1) is 0 Å². The topological polar surface area (TPSA) is 152 Å². The van der Waals surface area contributed by atoms with E-state index in [0.717, 1.165) is 0 Å². The van der Waals surface area contributed by atoms with Crippen LogP contribution in [0.3, 0.4) is 0 Å². The molecule has 0 radical (unpaired) electrons. The highest BCUT2D eigenvalue weighted by atomic mass is 35.5. The number of carbonyl (C=O) groups excluding carboxylic acids is 2. The molecule has 3 aromatic heterocycles. The highest BCUT2D eigenvalue weighted by molar-refractivity contribution is 6.33. The van der Waals surface area contributed by atoms with Gasteiger partial charge in [-0.2, -0.15) is 10.1 Å². The number of ether oxygens (including phenoxy) is 1. The molecule has 19 heteroatoms. The smallest absolute Gasteiger partial charge is 0.301 e. The third kappa shape index (κ3) is 7.61. The zero-order valence-electron chi connectivity index (χ0n) is 34.8. The van der Waals surface area contributed by atoms with Gasteiger partial charge in [0.1, 0.15) is 16.7 Å². The lowest BCUT2D eigenvalue weighted by atomic mass is 9.86. The number of piperidine rings is 3. The molecule has 5 aromatic rings. The molecule has 1 aliphatic carbocycles. The second kappa shape index (κ2) is 15.9. The Morgan fingerprint density at radius 3 is 2.54 bits per heavy atom. The number of carbonyl (C=O) groups is 2. The van der Waals surface area contributed by atoms with E-state index < -0.39 is 42.1 Å². The Hall–Kier alpha value is -5.49. The summed E-state index contributed by atoms with van der Waals surface area (Å²) < 4.78 is 70.8. The number of likely N-dealkylation sites (tertiary alicyclic amines) is 1. The number of anilines is 4. The van der Waals surface area contributed by atoms with Gasteiger partial charge in [-0.25, -0.2) is 22.5 Å². The number of nitrogens with zero attached hydrogens (tertiary/aromatic N) is 7. The van der Waals surface area contributed by atoms with Gasteiger partial charge in [0.25, 0.3) is 5.56 Å². The quantitative estimate of drug-likeness (QED) is 0.115. The summed E-state index contributed by atoms with van der Waals surface area (Å²) in [5.41, 5.74) is 2.19. The van der Waals surface area contributed by atoms with Crippen molar-refractivity contribution >= 4 is 68.4 Å². The van der Waals surface area contributed by atoms with Crippen molar-refractivity contribution in [2.75, 3.05) is 54.9 Å². The van der Waals surface area contributed by atoms with Gasteiger partial charge < -0.3 is 29.7 Å². The Bertz CT molecular complexity index is 2720. The van der Waals surface area contributed by atoms with Crippen LogP contribution < -0.4 is 31.1 Å². The van der Waals surface area contributed by atoms with E-state index >= 15 is 17.6 Å². The number of alkyl halides is 3. The van der Waals surface area contributed by atoms with E-state index in [1.54, 1.807) is 43.3 Å². The number of amides is 2. The number of hydrogen-bond acceptors (Lipinski definition) is 11. The minimum atomic E-state index is -3.17. The van der Waals surface area contributed by atoms with Crippen molar-refractivity contribution in [3.63, 3.8) is 0 Å². The third-order valence-corrected chi connectivity index (χ3v) is 13.9. The van der Waals surface area contributed by atoms with Crippen LogP contribution in [-0.4, -0.2) is 98.5 Å². The molecule has 1 saturated carbocycles. The molecule has 4 fully saturated rings.